The minimum Gasteiger partial charge on any atom is -0.493 e. The van der Waals surface area contributed by atoms with Crippen LogP contribution in [0.25, 0.3) is 11.0 Å². The van der Waals surface area contributed by atoms with Crippen LogP contribution in [0.4, 0.5) is 0 Å². The van der Waals surface area contributed by atoms with Crippen LogP contribution in [0.5, 0.6) is 5.75 Å². The van der Waals surface area contributed by atoms with Crippen molar-refractivity contribution in [1.82, 2.24) is 14.9 Å². The summed E-state index contributed by atoms with van der Waals surface area (Å²) in [5.41, 5.74) is 4.73. The molecule has 1 amide bonds. The van der Waals surface area contributed by atoms with E-state index in [1.807, 2.05) is 13.0 Å². The van der Waals surface area contributed by atoms with Gasteiger partial charge in [0.1, 0.15) is 11.6 Å². The van der Waals surface area contributed by atoms with E-state index >= 15 is 0 Å². The summed E-state index contributed by atoms with van der Waals surface area (Å²) in [5.74, 6) is 2.57. The van der Waals surface area contributed by atoms with E-state index in [9.17, 15) is 4.79 Å². The second-order valence-corrected chi connectivity index (χ2v) is 9.17. The van der Waals surface area contributed by atoms with Crippen LogP contribution in [0, 0.1) is 6.92 Å². The Balaban J connectivity index is 1.55. The molecule has 0 aliphatic carbocycles. The van der Waals surface area contributed by atoms with Gasteiger partial charge in [0, 0.05) is 19.5 Å². The molecule has 5 heteroatoms. The number of hydrogen-bond acceptors (Lipinski definition) is 3. The molecule has 0 bridgehead atoms. The second-order valence-electron chi connectivity index (χ2n) is 9.17. The molecule has 3 rings (SSSR count). The standard InChI is InChI=1S/C29H39N3O2/c1-5-12-29(33)30-18-10-6-7-15-28-31-25-13-8-9-14-26(25)32(28)19-11-20-34-27-21-23(4)16-17-24(27)22(2)3/h5,8-9,12-14,16-17,21-22H,6-7,10-11,15,18-20H2,1-4H3,(H,30,33)/b12-5+. The van der Waals surface area contributed by atoms with Gasteiger partial charge in [-0.2, -0.15) is 0 Å². The van der Waals surface area contributed by atoms with E-state index in [-0.39, 0.29) is 5.91 Å². The number of fused-ring (bicyclic) bond motifs is 1. The third-order valence-corrected chi connectivity index (χ3v) is 6.00. The summed E-state index contributed by atoms with van der Waals surface area (Å²) in [6.45, 7) is 10.7. The summed E-state index contributed by atoms with van der Waals surface area (Å²) in [4.78, 5) is 16.4. The fraction of sp³-hybridized carbons (Fsp3) is 0.448. The lowest BCUT2D eigenvalue weighted by Crippen LogP contribution is -2.21. The van der Waals surface area contributed by atoms with Crippen molar-refractivity contribution in [2.24, 2.45) is 0 Å². The van der Waals surface area contributed by atoms with Gasteiger partial charge in [-0.3, -0.25) is 4.79 Å². The second kappa shape index (κ2) is 13.0. The highest BCUT2D eigenvalue weighted by Gasteiger charge is 2.11. The van der Waals surface area contributed by atoms with E-state index in [1.54, 1.807) is 12.2 Å². The number of nitrogens with zero attached hydrogens (tertiary/aromatic N) is 2. The number of imidazole rings is 1. The monoisotopic (exact) mass is 461 g/mol. The number of carbonyl (C=O) groups is 1. The number of hydrogen-bond donors (Lipinski definition) is 1. The first kappa shape index (κ1) is 25.5. The molecule has 34 heavy (non-hydrogen) atoms. The summed E-state index contributed by atoms with van der Waals surface area (Å²) in [5, 5.41) is 2.92. The van der Waals surface area contributed by atoms with Crippen LogP contribution in [0.1, 0.15) is 69.3 Å². The van der Waals surface area contributed by atoms with E-state index in [1.165, 1.54) is 16.6 Å². The van der Waals surface area contributed by atoms with Crippen LogP contribution in [0.15, 0.2) is 54.6 Å². The predicted molar refractivity (Wildman–Crippen MR) is 140 cm³/mol. The Morgan fingerprint density at radius 2 is 1.94 bits per heavy atom. The fourth-order valence-electron chi connectivity index (χ4n) is 4.22. The van der Waals surface area contributed by atoms with Crippen molar-refractivity contribution >= 4 is 16.9 Å². The number of amides is 1. The summed E-state index contributed by atoms with van der Waals surface area (Å²) < 4.78 is 8.57. The Bertz CT molecular complexity index is 1100. The Morgan fingerprint density at radius 3 is 2.74 bits per heavy atom. The Hall–Kier alpha value is -3.08. The van der Waals surface area contributed by atoms with E-state index in [0.717, 1.165) is 55.7 Å². The van der Waals surface area contributed by atoms with Gasteiger partial charge in [-0.25, -0.2) is 4.98 Å². The normalized spacial score (nSPS) is 11.6. The van der Waals surface area contributed by atoms with Crippen LogP contribution in [0.3, 0.4) is 0 Å². The van der Waals surface area contributed by atoms with Gasteiger partial charge in [-0.15, -0.1) is 0 Å². The first-order valence-corrected chi connectivity index (χ1v) is 12.6. The van der Waals surface area contributed by atoms with Crippen molar-refractivity contribution in [3.8, 4) is 5.75 Å². The number of rotatable bonds is 13. The number of nitrogens with one attached hydrogen (secondary N) is 1. The first-order valence-electron chi connectivity index (χ1n) is 12.6. The molecule has 1 heterocycles. The maximum atomic E-state index is 11.5. The third-order valence-electron chi connectivity index (χ3n) is 6.00. The number of unbranched alkanes of at least 4 members (excludes halogenated alkanes) is 2. The molecule has 0 radical (unpaired) electrons. The highest BCUT2D eigenvalue weighted by molar-refractivity contribution is 5.87. The van der Waals surface area contributed by atoms with Gasteiger partial charge in [0.2, 0.25) is 5.91 Å². The predicted octanol–water partition coefficient (Wildman–Crippen LogP) is 6.34. The number of allylic oxidation sites excluding steroid dienone is 1. The maximum absolute atomic E-state index is 11.5. The minimum atomic E-state index is -0.0160. The van der Waals surface area contributed by atoms with Crippen molar-refractivity contribution in [3.63, 3.8) is 0 Å². The number of ether oxygens (including phenoxy) is 1. The molecule has 0 saturated carbocycles. The fourth-order valence-corrected chi connectivity index (χ4v) is 4.22. The first-order chi connectivity index (χ1) is 16.5. The minimum absolute atomic E-state index is 0.0160. The molecule has 2 aromatic carbocycles. The molecule has 0 aliphatic heterocycles. The van der Waals surface area contributed by atoms with E-state index in [0.29, 0.717) is 19.1 Å². The SMILES string of the molecule is C/C=C/C(=O)NCCCCCc1nc2ccccc2n1CCCOc1cc(C)ccc1C(C)C. The molecule has 0 unspecified atom stereocenters. The smallest absolute Gasteiger partial charge is 0.243 e. The van der Waals surface area contributed by atoms with Crippen LogP contribution < -0.4 is 10.1 Å². The lowest BCUT2D eigenvalue weighted by molar-refractivity contribution is -0.116. The number of benzene rings is 2. The Kier molecular flexibility index (Phi) is 9.75. The van der Waals surface area contributed by atoms with Crippen molar-refractivity contribution in [2.75, 3.05) is 13.2 Å². The van der Waals surface area contributed by atoms with Crippen LogP contribution in [0.2, 0.25) is 0 Å². The van der Waals surface area contributed by atoms with Crippen LogP contribution in [-0.4, -0.2) is 28.6 Å². The molecule has 0 saturated heterocycles. The van der Waals surface area contributed by atoms with Gasteiger partial charge in [0.25, 0.3) is 0 Å². The molecule has 1 aromatic heterocycles. The number of aromatic nitrogens is 2. The van der Waals surface area contributed by atoms with E-state index < -0.39 is 0 Å². The molecule has 0 aliphatic rings. The number of carbonyl (C=O) groups excluding carboxylic acids is 1. The highest BCUT2D eigenvalue weighted by atomic mass is 16.5. The summed E-state index contributed by atoms with van der Waals surface area (Å²) in [6.07, 6.45) is 8.29. The summed E-state index contributed by atoms with van der Waals surface area (Å²) in [7, 11) is 0. The van der Waals surface area contributed by atoms with Gasteiger partial charge in [0.15, 0.2) is 0 Å². The number of aryl methyl sites for hydroxylation is 3. The topological polar surface area (TPSA) is 56.2 Å². The van der Waals surface area contributed by atoms with Gasteiger partial charge in [-0.05, 0) is 74.4 Å². The molecule has 182 valence electrons. The van der Waals surface area contributed by atoms with Crippen molar-refractivity contribution in [2.45, 2.75) is 72.3 Å². The Labute approximate surface area is 204 Å². The van der Waals surface area contributed by atoms with Crippen molar-refractivity contribution < 1.29 is 9.53 Å². The zero-order valence-corrected chi connectivity index (χ0v) is 21.1. The third kappa shape index (κ3) is 7.21. The molecular formula is C29H39N3O2. The quantitative estimate of drug-likeness (QED) is 0.239. The average molecular weight is 462 g/mol. The summed E-state index contributed by atoms with van der Waals surface area (Å²) >= 11 is 0. The molecule has 1 N–H and O–H groups in total. The van der Waals surface area contributed by atoms with Crippen molar-refractivity contribution in [3.05, 3.63) is 71.6 Å². The zero-order valence-electron chi connectivity index (χ0n) is 21.1. The largest absolute Gasteiger partial charge is 0.493 e. The van der Waals surface area contributed by atoms with Gasteiger partial charge < -0.3 is 14.6 Å². The molecular weight excluding hydrogens is 422 g/mol. The molecule has 0 fully saturated rings. The van der Waals surface area contributed by atoms with Crippen molar-refractivity contribution in [1.29, 1.82) is 0 Å². The van der Waals surface area contributed by atoms with Crippen LogP contribution in [-0.2, 0) is 17.8 Å². The van der Waals surface area contributed by atoms with Crippen LogP contribution >= 0.6 is 0 Å². The summed E-state index contributed by atoms with van der Waals surface area (Å²) in [6, 6.07) is 14.9. The average Bonchev–Trinajstić information content (AvgIpc) is 3.16. The molecule has 3 aromatic rings. The number of para-hydroxylation sites is 2. The molecule has 5 nitrogen and oxygen atoms in total. The van der Waals surface area contributed by atoms with Gasteiger partial charge >= 0.3 is 0 Å². The van der Waals surface area contributed by atoms with E-state index in [2.05, 4.69) is 67.1 Å². The van der Waals surface area contributed by atoms with Gasteiger partial charge in [-0.1, -0.05) is 50.6 Å². The Morgan fingerprint density at radius 1 is 1.12 bits per heavy atom. The lowest BCUT2D eigenvalue weighted by Gasteiger charge is -2.15. The van der Waals surface area contributed by atoms with E-state index in [4.69, 9.17) is 9.72 Å². The van der Waals surface area contributed by atoms with Gasteiger partial charge in [0.05, 0.1) is 17.6 Å². The zero-order chi connectivity index (χ0) is 24.3. The molecule has 0 atom stereocenters. The maximum Gasteiger partial charge on any atom is 0.243 e. The lowest BCUT2D eigenvalue weighted by atomic mass is 10.0. The molecule has 0 spiro atoms. The highest BCUT2D eigenvalue weighted by Crippen LogP contribution is 2.27.